The molecule has 3 rings (SSSR count). The molecule has 0 bridgehead atoms. The van der Waals surface area contributed by atoms with Crippen molar-refractivity contribution in [2.75, 3.05) is 24.6 Å². The van der Waals surface area contributed by atoms with Crippen molar-refractivity contribution in [2.24, 2.45) is 0 Å². The Hall–Kier alpha value is -1.69. The van der Waals surface area contributed by atoms with Crippen molar-refractivity contribution in [1.82, 2.24) is 15.5 Å². The first-order chi connectivity index (χ1) is 9.72. The lowest BCUT2D eigenvalue weighted by Crippen LogP contribution is -2.50. The van der Waals surface area contributed by atoms with Crippen molar-refractivity contribution in [3.63, 3.8) is 0 Å². The highest BCUT2D eigenvalue weighted by Crippen LogP contribution is 2.18. The highest BCUT2D eigenvalue weighted by Gasteiger charge is 2.30. The standard InChI is InChI=1S/C14H20N4O2/c1-10-4-5-13(17-16-10)18-7-2-3-11(9-18)15-12-6-8-20-14(12)19/h4-5,11-12,15H,2-3,6-9H2,1H3/t11-,12+/m1/s1. The average Bonchev–Trinajstić information content (AvgIpc) is 2.85. The molecule has 0 aromatic carbocycles. The van der Waals surface area contributed by atoms with Gasteiger partial charge in [-0.25, -0.2) is 0 Å². The fourth-order valence-electron chi connectivity index (χ4n) is 2.81. The van der Waals surface area contributed by atoms with Gasteiger partial charge in [0.15, 0.2) is 5.82 Å². The van der Waals surface area contributed by atoms with Crippen LogP contribution in [0.4, 0.5) is 5.82 Å². The van der Waals surface area contributed by atoms with Crippen LogP contribution in [0.3, 0.4) is 0 Å². The van der Waals surface area contributed by atoms with E-state index in [1.807, 2.05) is 19.1 Å². The average molecular weight is 276 g/mol. The number of hydrogen-bond acceptors (Lipinski definition) is 6. The number of hydrogen-bond donors (Lipinski definition) is 1. The first kappa shape index (κ1) is 13.3. The molecular formula is C14H20N4O2. The predicted molar refractivity (Wildman–Crippen MR) is 74.5 cm³/mol. The van der Waals surface area contributed by atoms with Gasteiger partial charge < -0.3 is 9.64 Å². The van der Waals surface area contributed by atoms with Gasteiger partial charge in [-0.05, 0) is 31.9 Å². The molecule has 3 heterocycles. The summed E-state index contributed by atoms with van der Waals surface area (Å²) in [7, 11) is 0. The molecule has 1 aromatic rings. The third kappa shape index (κ3) is 2.90. The van der Waals surface area contributed by atoms with Crippen molar-refractivity contribution in [3.05, 3.63) is 17.8 Å². The van der Waals surface area contributed by atoms with E-state index in [4.69, 9.17) is 4.74 Å². The number of aryl methyl sites for hydroxylation is 1. The Labute approximate surface area is 118 Å². The van der Waals surface area contributed by atoms with Crippen molar-refractivity contribution in [1.29, 1.82) is 0 Å². The lowest BCUT2D eigenvalue weighted by Gasteiger charge is -2.34. The maximum Gasteiger partial charge on any atom is 0.323 e. The van der Waals surface area contributed by atoms with Gasteiger partial charge in [0.2, 0.25) is 0 Å². The molecule has 1 N–H and O–H groups in total. The molecule has 0 spiro atoms. The molecule has 0 unspecified atom stereocenters. The molecule has 0 aliphatic carbocycles. The Kier molecular flexibility index (Phi) is 3.82. The predicted octanol–water partition coefficient (Wildman–Crippen LogP) is 0.659. The number of ether oxygens (including phenoxy) is 1. The van der Waals surface area contributed by atoms with Gasteiger partial charge >= 0.3 is 5.97 Å². The number of carbonyl (C=O) groups is 1. The summed E-state index contributed by atoms with van der Waals surface area (Å²) in [4.78, 5) is 13.7. The summed E-state index contributed by atoms with van der Waals surface area (Å²) in [6.45, 7) is 4.33. The van der Waals surface area contributed by atoms with E-state index < -0.39 is 0 Å². The quantitative estimate of drug-likeness (QED) is 0.818. The minimum absolute atomic E-state index is 0.114. The van der Waals surface area contributed by atoms with Gasteiger partial charge in [0.25, 0.3) is 0 Å². The maximum atomic E-state index is 11.5. The number of cyclic esters (lactones) is 1. The van der Waals surface area contributed by atoms with Crippen LogP contribution >= 0.6 is 0 Å². The number of anilines is 1. The minimum atomic E-state index is -0.135. The fraction of sp³-hybridized carbons (Fsp3) is 0.643. The summed E-state index contributed by atoms with van der Waals surface area (Å²) < 4.78 is 4.99. The van der Waals surface area contributed by atoms with Gasteiger partial charge in [-0.15, -0.1) is 5.10 Å². The van der Waals surface area contributed by atoms with E-state index in [2.05, 4.69) is 20.4 Å². The Balaban J connectivity index is 1.61. The lowest BCUT2D eigenvalue weighted by molar-refractivity contribution is -0.139. The zero-order valence-electron chi connectivity index (χ0n) is 11.7. The summed E-state index contributed by atoms with van der Waals surface area (Å²) in [5.41, 5.74) is 0.925. The van der Waals surface area contributed by atoms with Gasteiger partial charge in [0, 0.05) is 25.6 Å². The van der Waals surface area contributed by atoms with Crippen molar-refractivity contribution >= 4 is 11.8 Å². The van der Waals surface area contributed by atoms with Crippen LogP contribution in [-0.2, 0) is 9.53 Å². The highest BCUT2D eigenvalue weighted by atomic mass is 16.5. The first-order valence-corrected chi connectivity index (χ1v) is 7.20. The first-order valence-electron chi connectivity index (χ1n) is 7.20. The van der Waals surface area contributed by atoms with E-state index in [0.717, 1.165) is 43.9 Å². The van der Waals surface area contributed by atoms with Gasteiger partial charge in [-0.1, -0.05) is 0 Å². The molecule has 2 aliphatic heterocycles. The van der Waals surface area contributed by atoms with Crippen LogP contribution in [0.25, 0.3) is 0 Å². The van der Waals surface area contributed by atoms with Crippen LogP contribution in [-0.4, -0.2) is 47.9 Å². The van der Waals surface area contributed by atoms with Crippen molar-refractivity contribution in [2.45, 2.75) is 38.3 Å². The van der Waals surface area contributed by atoms with E-state index in [1.54, 1.807) is 0 Å². The lowest BCUT2D eigenvalue weighted by atomic mass is 10.0. The molecule has 6 nitrogen and oxygen atoms in total. The molecule has 20 heavy (non-hydrogen) atoms. The van der Waals surface area contributed by atoms with Gasteiger partial charge in [-0.3, -0.25) is 10.1 Å². The molecular weight excluding hydrogens is 256 g/mol. The number of rotatable bonds is 3. The minimum Gasteiger partial charge on any atom is -0.464 e. The summed E-state index contributed by atoms with van der Waals surface area (Å²) in [5.74, 6) is 0.799. The van der Waals surface area contributed by atoms with Gasteiger partial charge in [-0.2, -0.15) is 5.10 Å². The van der Waals surface area contributed by atoms with Crippen LogP contribution in [0.15, 0.2) is 12.1 Å². The maximum absolute atomic E-state index is 11.5. The Bertz CT molecular complexity index is 477. The molecule has 1 aromatic heterocycles. The third-order valence-electron chi connectivity index (χ3n) is 3.90. The zero-order chi connectivity index (χ0) is 13.9. The van der Waals surface area contributed by atoms with E-state index in [-0.39, 0.29) is 12.0 Å². The number of esters is 1. The van der Waals surface area contributed by atoms with Crippen LogP contribution in [0.2, 0.25) is 0 Å². The molecule has 0 radical (unpaired) electrons. The number of aromatic nitrogens is 2. The molecule has 0 saturated carbocycles. The van der Waals surface area contributed by atoms with Gasteiger partial charge in [0.1, 0.15) is 6.04 Å². The fourth-order valence-corrected chi connectivity index (χ4v) is 2.81. The summed E-state index contributed by atoms with van der Waals surface area (Å²) in [6.07, 6.45) is 2.95. The Morgan fingerprint density at radius 1 is 1.35 bits per heavy atom. The monoisotopic (exact) mass is 276 g/mol. The van der Waals surface area contributed by atoms with Crippen LogP contribution < -0.4 is 10.2 Å². The van der Waals surface area contributed by atoms with Gasteiger partial charge in [0.05, 0.1) is 12.3 Å². The molecule has 2 fully saturated rings. The highest BCUT2D eigenvalue weighted by molar-refractivity contribution is 5.77. The van der Waals surface area contributed by atoms with Crippen LogP contribution in [0, 0.1) is 6.92 Å². The number of carbonyl (C=O) groups excluding carboxylic acids is 1. The topological polar surface area (TPSA) is 67.3 Å². The number of nitrogens with zero attached hydrogens (tertiary/aromatic N) is 3. The molecule has 6 heteroatoms. The number of nitrogens with one attached hydrogen (secondary N) is 1. The largest absolute Gasteiger partial charge is 0.464 e. The van der Waals surface area contributed by atoms with E-state index in [9.17, 15) is 4.79 Å². The second kappa shape index (κ2) is 5.75. The zero-order valence-corrected chi connectivity index (χ0v) is 11.7. The van der Waals surface area contributed by atoms with Crippen molar-refractivity contribution in [3.8, 4) is 0 Å². The SMILES string of the molecule is Cc1ccc(N2CCC[C@@H](N[C@H]3CCOC3=O)C2)nn1. The Morgan fingerprint density at radius 2 is 2.25 bits per heavy atom. The summed E-state index contributed by atoms with van der Waals surface area (Å²) in [5, 5.41) is 11.8. The third-order valence-corrected chi connectivity index (χ3v) is 3.90. The van der Waals surface area contributed by atoms with Crippen LogP contribution in [0.1, 0.15) is 25.0 Å². The number of piperidine rings is 1. The van der Waals surface area contributed by atoms with E-state index in [0.29, 0.717) is 12.6 Å². The molecule has 2 atom stereocenters. The smallest absolute Gasteiger partial charge is 0.323 e. The van der Waals surface area contributed by atoms with E-state index >= 15 is 0 Å². The van der Waals surface area contributed by atoms with E-state index in [1.165, 1.54) is 0 Å². The summed E-state index contributed by atoms with van der Waals surface area (Å²) in [6, 6.07) is 4.16. The Morgan fingerprint density at radius 3 is 2.95 bits per heavy atom. The molecule has 2 saturated heterocycles. The second-order valence-corrected chi connectivity index (χ2v) is 5.49. The summed E-state index contributed by atoms with van der Waals surface area (Å²) >= 11 is 0. The normalized spacial score (nSPS) is 26.6. The second-order valence-electron chi connectivity index (χ2n) is 5.49. The molecule has 0 amide bonds. The molecule has 2 aliphatic rings. The van der Waals surface area contributed by atoms with Crippen molar-refractivity contribution < 1.29 is 9.53 Å². The molecule has 108 valence electrons. The van der Waals surface area contributed by atoms with Crippen LogP contribution in [0.5, 0.6) is 0 Å².